The number of carbonyl (C=O) groups is 2. The van der Waals surface area contributed by atoms with Gasteiger partial charge in [-0.1, -0.05) is 18.2 Å². The second-order valence-corrected chi connectivity index (χ2v) is 5.89. The summed E-state index contributed by atoms with van der Waals surface area (Å²) in [4.78, 5) is 23.1. The quantitative estimate of drug-likeness (QED) is 0.747. The van der Waals surface area contributed by atoms with E-state index in [2.05, 4.69) is 31.7 Å². The molecule has 8 heteroatoms. The second kappa shape index (κ2) is 8.49. The topological polar surface area (TPSA) is 85.2 Å². The first-order valence-electron chi connectivity index (χ1n) is 7.46. The average Bonchev–Trinajstić information content (AvgIpc) is 2.96. The number of hydrogen-bond acceptors (Lipinski definition) is 4. The fourth-order valence-corrected chi connectivity index (χ4v) is 2.29. The molecule has 7 nitrogen and oxygen atoms in total. The predicted molar refractivity (Wildman–Crippen MR) is 93.0 cm³/mol. The number of rotatable bonds is 7. The summed E-state index contributed by atoms with van der Waals surface area (Å²) < 4.78 is 7.91. The Bertz CT molecular complexity index is 703. The van der Waals surface area contributed by atoms with Gasteiger partial charge < -0.3 is 15.4 Å². The zero-order chi connectivity index (χ0) is 17.5. The molecule has 2 amide bonds. The summed E-state index contributed by atoms with van der Waals surface area (Å²) in [7, 11) is 1.55. The molecule has 0 spiro atoms. The Kier molecular flexibility index (Phi) is 6.36. The lowest BCUT2D eigenvalue weighted by Gasteiger charge is -2.13. The molecule has 0 fully saturated rings. The summed E-state index contributed by atoms with van der Waals surface area (Å²) >= 11 is 3.38. The van der Waals surface area contributed by atoms with E-state index < -0.39 is 6.10 Å². The Morgan fingerprint density at radius 3 is 2.71 bits per heavy atom. The first kappa shape index (κ1) is 18.0. The molecule has 2 N–H and O–H groups in total. The first-order valence-corrected chi connectivity index (χ1v) is 8.26. The van der Waals surface area contributed by atoms with E-state index in [4.69, 9.17) is 4.74 Å². The minimum Gasteiger partial charge on any atom is -0.463 e. The molecule has 1 aromatic heterocycles. The van der Waals surface area contributed by atoms with Gasteiger partial charge in [0, 0.05) is 26.2 Å². The number of halogens is 1. The maximum Gasteiger partial charge on any atom is 0.260 e. The predicted octanol–water partition coefficient (Wildman–Crippen LogP) is 1.65. The van der Waals surface area contributed by atoms with Gasteiger partial charge in [-0.25, -0.2) is 4.68 Å². The van der Waals surface area contributed by atoms with Crippen molar-refractivity contribution < 1.29 is 14.3 Å². The third-order valence-electron chi connectivity index (χ3n) is 3.25. The van der Waals surface area contributed by atoms with Crippen molar-refractivity contribution in [2.75, 3.05) is 13.6 Å². The fourth-order valence-electron chi connectivity index (χ4n) is 1.92. The molecule has 1 aromatic carbocycles. The molecule has 0 saturated heterocycles. The van der Waals surface area contributed by atoms with Crippen LogP contribution in [-0.4, -0.2) is 41.3 Å². The summed E-state index contributed by atoms with van der Waals surface area (Å²) in [6, 6.07) is 9.57. The van der Waals surface area contributed by atoms with Gasteiger partial charge in [0.2, 0.25) is 11.8 Å². The molecule has 1 heterocycles. The van der Waals surface area contributed by atoms with Crippen LogP contribution in [0.15, 0.2) is 41.0 Å². The fraction of sp³-hybridized carbons (Fsp3) is 0.312. The number of nitrogens with one attached hydrogen (secondary N) is 2. The van der Waals surface area contributed by atoms with Crippen molar-refractivity contribution in [1.29, 1.82) is 0 Å². The number of para-hydroxylation sites is 1. The lowest BCUT2D eigenvalue weighted by molar-refractivity contribution is -0.127. The molecule has 0 radical (unpaired) electrons. The Balaban J connectivity index is 1.94. The Hall–Kier alpha value is -2.35. The van der Waals surface area contributed by atoms with Crippen LogP contribution in [0.4, 0.5) is 0 Å². The summed E-state index contributed by atoms with van der Waals surface area (Å²) in [5, 5.41) is 9.47. The highest BCUT2D eigenvalue weighted by molar-refractivity contribution is 9.10. The number of hydrogen-bond donors (Lipinski definition) is 2. The highest BCUT2D eigenvalue weighted by atomic mass is 79.9. The average molecular weight is 395 g/mol. The van der Waals surface area contributed by atoms with Gasteiger partial charge in [-0.15, -0.1) is 5.10 Å². The van der Waals surface area contributed by atoms with Crippen LogP contribution in [-0.2, 0) is 9.59 Å². The number of aromatic nitrogens is 2. The molecular weight excluding hydrogens is 376 g/mol. The van der Waals surface area contributed by atoms with Gasteiger partial charge >= 0.3 is 0 Å². The zero-order valence-corrected chi connectivity index (χ0v) is 15.0. The molecule has 128 valence electrons. The summed E-state index contributed by atoms with van der Waals surface area (Å²) in [6.07, 6.45) is 1.26. The lowest BCUT2D eigenvalue weighted by atomic mass is 10.3. The van der Waals surface area contributed by atoms with Gasteiger partial charge in [-0.05, 0) is 35.0 Å². The minimum atomic E-state index is -0.731. The van der Waals surface area contributed by atoms with Crippen molar-refractivity contribution in [2.45, 2.75) is 19.4 Å². The van der Waals surface area contributed by atoms with Gasteiger partial charge in [0.1, 0.15) is 0 Å². The van der Waals surface area contributed by atoms with E-state index in [1.807, 2.05) is 30.3 Å². The van der Waals surface area contributed by atoms with Crippen molar-refractivity contribution in [3.8, 4) is 11.6 Å². The molecule has 0 bridgehead atoms. The van der Waals surface area contributed by atoms with Gasteiger partial charge in [0.05, 0.1) is 10.2 Å². The smallest absolute Gasteiger partial charge is 0.260 e. The van der Waals surface area contributed by atoms with E-state index in [1.165, 1.54) is 0 Å². The largest absolute Gasteiger partial charge is 0.463 e. The van der Waals surface area contributed by atoms with E-state index in [-0.39, 0.29) is 24.8 Å². The lowest BCUT2D eigenvalue weighted by Crippen LogP contribution is -2.38. The van der Waals surface area contributed by atoms with Crippen LogP contribution in [0.1, 0.15) is 13.3 Å². The molecule has 0 saturated carbocycles. The molecule has 0 aliphatic rings. The van der Waals surface area contributed by atoms with Gasteiger partial charge in [0.15, 0.2) is 6.10 Å². The van der Waals surface area contributed by atoms with E-state index in [1.54, 1.807) is 24.9 Å². The molecule has 24 heavy (non-hydrogen) atoms. The molecule has 0 unspecified atom stereocenters. The van der Waals surface area contributed by atoms with Crippen LogP contribution in [0.3, 0.4) is 0 Å². The Labute approximate surface area is 148 Å². The third kappa shape index (κ3) is 4.82. The Morgan fingerprint density at radius 1 is 1.33 bits per heavy atom. The summed E-state index contributed by atoms with van der Waals surface area (Å²) in [5.74, 6) is -0.110. The van der Waals surface area contributed by atoms with Crippen molar-refractivity contribution in [2.24, 2.45) is 0 Å². The van der Waals surface area contributed by atoms with Crippen LogP contribution in [0.2, 0.25) is 0 Å². The molecule has 1 atom stereocenters. The third-order valence-corrected chi connectivity index (χ3v) is 3.79. The molecule has 0 aliphatic heterocycles. The van der Waals surface area contributed by atoms with Crippen LogP contribution in [0.5, 0.6) is 5.88 Å². The molecule has 2 rings (SSSR count). The summed E-state index contributed by atoms with van der Waals surface area (Å²) in [5.41, 5.74) is 0.885. The van der Waals surface area contributed by atoms with E-state index in [0.717, 1.165) is 5.69 Å². The first-order chi connectivity index (χ1) is 11.5. The van der Waals surface area contributed by atoms with Crippen LogP contribution < -0.4 is 15.4 Å². The van der Waals surface area contributed by atoms with Crippen molar-refractivity contribution in [3.63, 3.8) is 0 Å². The number of carbonyl (C=O) groups excluding carboxylic acids is 2. The minimum absolute atomic E-state index is 0.131. The maximum atomic E-state index is 12.0. The normalized spacial score (nSPS) is 11.6. The van der Waals surface area contributed by atoms with E-state index >= 15 is 0 Å². The van der Waals surface area contributed by atoms with E-state index in [9.17, 15) is 9.59 Å². The molecule has 2 aromatic rings. The molecular formula is C16H19BrN4O3. The Morgan fingerprint density at radius 2 is 2.04 bits per heavy atom. The van der Waals surface area contributed by atoms with Crippen LogP contribution in [0, 0.1) is 0 Å². The SMILES string of the molecule is CNC(=O)CCNC(=O)[C@H](C)Oc1nn(-c2ccccc2)cc1Br. The number of nitrogens with zero attached hydrogens (tertiary/aromatic N) is 2. The monoisotopic (exact) mass is 394 g/mol. The maximum absolute atomic E-state index is 12.0. The van der Waals surface area contributed by atoms with Crippen molar-refractivity contribution in [3.05, 3.63) is 41.0 Å². The second-order valence-electron chi connectivity index (χ2n) is 5.04. The van der Waals surface area contributed by atoms with Gasteiger partial charge in [0.25, 0.3) is 5.91 Å². The van der Waals surface area contributed by atoms with Gasteiger partial charge in [-0.3, -0.25) is 9.59 Å². The highest BCUT2D eigenvalue weighted by Crippen LogP contribution is 2.25. The highest BCUT2D eigenvalue weighted by Gasteiger charge is 2.18. The standard InChI is InChI=1S/C16H19BrN4O3/c1-11(15(23)19-9-8-14(22)18-2)24-16-13(17)10-21(20-16)12-6-4-3-5-7-12/h3-7,10-11H,8-9H2,1-2H3,(H,18,22)(H,19,23)/t11-/m0/s1. The number of benzene rings is 1. The van der Waals surface area contributed by atoms with Crippen LogP contribution >= 0.6 is 15.9 Å². The van der Waals surface area contributed by atoms with Crippen molar-refractivity contribution >= 4 is 27.7 Å². The van der Waals surface area contributed by atoms with Crippen LogP contribution in [0.25, 0.3) is 5.69 Å². The zero-order valence-electron chi connectivity index (χ0n) is 13.5. The summed E-state index contributed by atoms with van der Waals surface area (Å²) in [6.45, 7) is 1.88. The van der Waals surface area contributed by atoms with Crippen molar-refractivity contribution in [1.82, 2.24) is 20.4 Å². The molecule has 0 aliphatic carbocycles. The number of ether oxygens (including phenoxy) is 1. The van der Waals surface area contributed by atoms with Gasteiger partial charge in [-0.2, -0.15) is 0 Å². The van der Waals surface area contributed by atoms with E-state index in [0.29, 0.717) is 10.4 Å². The number of amides is 2.